The molecule has 0 aliphatic carbocycles. The highest BCUT2D eigenvalue weighted by molar-refractivity contribution is 5.23. The second-order valence-electron chi connectivity index (χ2n) is 5.00. The van der Waals surface area contributed by atoms with Crippen molar-refractivity contribution in [2.45, 2.75) is 32.5 Å². The molecule has 1 atom stereocenters. The lowest BCUT2D eigenvalue weighted by Gasteiger charge is -2.17. The van der Waals surface area contributed by atoms with Crippen molar-refractivity contribution in [1.82, 2.24) is 5.32 Å². The smallest absolute Gasteiger partial charge is 0.0713 e. The average Bonchev–Trinajstić information content (AvgIpc) is 2.51. The largest absolute Gasteiger partial charge is 0.380 e. The predicted octanol–water partition coefficient (Wildman–Crippen LogP) is 4.07. The van der Waals surface area contributed by atoms with Crippen LogP contribution in [0.3, 0.4) is 0 Å². The predicted molar refractivity (Wildman–Crippen MR) is 83.5 cm³/mol. The molecule has 0 saturated carbocycles. The molecule has 0 radical (unpaired) electrons. The quantitative estimate of drug-likeness (QED) is 0.818. The van der Waals surface area contributed by atoms with Gasteiger partial charge in [0.25, 0.3) is 0 Å². The van der Waals surface area contributed by atoms with Gasteiger partial charge in [-0.15, -0.1) is 0 Å². The first kappa shape index (κ1) is 14.8. The van der Waals surface area contributed by atoms with E-state index in [4.69, 9.17) is 4.74 Å². The zero-order valence-electron chi connectivity index (χ0n) is 12.3. The van der Waals surface area contributed by atoms with Gasteiger partial charge in [0, 0.05) is 19.7 Å². The Kier molecular flexibility index (Phi) is 5.78. The van der Waals surface area contributed by atoms with Gasteiger partial charge in [0.05, 0.1) is 6.61 Å². The van der Waals surface area contributed by atoms with Gasteiger partial charge < -0.3 is 10.1 Å². The Morgan fingerprint density at radius 3 is 2.20 bits per heavy atom. The summed E-state index contributed by atoms with van der Waals surface area (Å²) in [6.45, 7) is 3.78. The number of nitrogens with one attached hydrogen (secondary N) is 1. The molecule has 0 heterocycles. The summed E-state index contributed by atoms with van der Waals surface area (Å²) in [6, 6.07) is 19.6. The molecule has 2 aromatic rings. The summed E-state index contributed by atoms with van der Waals surface area (Å²) in [4.78, 5) is 0. The van der Waals surface area contributed by atoms with E-state index in [1.54, 1.807) is 7.11 Å². The fourth-order valence-electron chi connectivity index (χ4n) is 2.34. The fourth-order valence-corrected chi connectivity index (χ4v) is 2.34. The lowest BCUT2D eigenvalue weighted by Crippen LogP contribution is -2.20. The maximum absolute atomic E-state index is 5.13. The van der Waals surface area contributed by atoms with Crippen LogP contribution in [0.2, 0.25) is 0 Å². The van der Waals surface area contributed by atoms with Crippen LogP contribution in [0.1, 0.15) is 36.1 Å². The summed E-state index contributed by atoms with van der Waals surface area (Å²) in [5.74, 6) is 0. The van der Waals surface area contributed by atoms with Gasteiger partial charge in [0.2, 0.25) is 0 Å². The number of hydrogen-bond donors (Lipinski definition) is 1. The van der Waals surface area contributed by atoms with Crippen molar-refractivity contribution in [3.8, 4) is 0 Å². The van der Waals surface area contributed by atoms with Crippen LogP contribution in [0, 0.1) is 0 Å². The van der Waals surface area contributed by atoms with E-state index in [0.717, 1.165) is 13.0 Å². The number of hydrogen-bond acceptors (Lipinski definition) is 2. The summed E-state index contributed by atoms with van der Waals surface area (Å²) >= 11 is 0. The van der Waals surface area contributed by atoms with Gasteiger partial charge in [-0.25, -0.2) is 0 Å². The van der Waals surface area contributed by atoms with Gasteiger partial charge in [0.1, 0.15) is 0 Å². The van der Waals surface area contributed by atoms with Crippen LogP contribution in [-0.4, -0.2) is 7.11 Å². The van der Waals surface area contributed by atoms with E-state index < -0.39 is 0 Å². The SMILES string of the molecule is CCC(NCc1ccc(COC)cc1)c1ccccc1. The topological polar surface area (TPSA) is 21.3 Å². The van der Waals surface area contributed by atoms with E-state index in [1.165, 1.54) is 16.7 Å². The molecule has 0 spiro atoms. The molecular formula is C18H23NO. The van der Waals surface area contributed by atoms with Crippen LogP contribution >= 0.6 is 0 Å². The zero-order chi connectivity index (χ0) is 14.2. The number of methoxy groups -OCH3 is 1. The van der Waals surface area contributed by atoms with E-state index in [1.807, 2.05) is 0 Å². The zero-order valence-corrected chi connectivity index (χ0v) is 12.3. The molecule has 0 aliphatic heterocycles. The number of ether oxygens (including phenoxy) is 1. The summed E-state index contributed by atoms with van der Waals surface area (Å²) in [5.41, 5.74) is 3.87. The number of rotatable bonds is 7. The first-order chi connectivity index (χ1) is 9.83. The standard InChI is InChI=1S/C18H23NO/c1-3-18(17-7-5-4-6-8-17)19-13-15-9-11-16(12-10-15)14-20-2/h4-12,18-19H,3,13-14H2,1-2H3. The molecular weight excluding hydrogens is 246 g/mol. The first-order valence-electron chi connectivity index (χ1n) is 7.18. The molecule has 0 bridgehead atoms. The second kappa shape index (κ2) is 7.83. The summed E-state index contributed by atoms with van der Waals surface area (Å²) in [5, 5.41) is 3.62. The monoisotopic (exact) mass is 269 g/mol. The van der Waals surface area contributed by atoms with Crippen molar-refractivity contribution < 1.29 is 4.74 Å². The van der Waals surface area contributed by atoms with Gasteiger partial charge in [-0.05, 0) is 23.1 Å². The van der Waals surface area contributed by atoms with Crippen LogP contribution in [0.5, 0.6) is 0 Å². The minimum atomic E-state index is 0.412. The molecule has 1 unspecified atom stereocenters. The van der Waals surface area contributed by atoms with Gasteiger partial charge in [0.15, 0.2) is 0 Å². The van der Waals surface area contributed by atoms with Gasteiger partial charge in [-0.2, -0.15) is 0 Å². The van der Waals surface area contributed by atoms with E-state index in [0.29, 0.717) is 12.6 Å². The summed E-state index contributed by atoms with van der Waals surface area (Å²) in [6.07, 6.45) is 1.09. The Morgan fingerprint density at radius 2 is 1.60 bits per heavy atom. The Morgan fingerprint density at radius 1 is 0.950 bits per heavy atom. The molecule has 2 rings (SSSR count). The Labute approximate surface area is 121 Å². The molecule has 0 amide bonds. The highest BCUT2D eigenvalue weighted by Gasteiger charge is 2.07. The molecule has 2 heteroatoms. The van der Waals surface area contributed by atoms with Crippen molar-refractivity contribution in [2.75, 3.05) is 7.11 Å². The molecule has 2 nitrogen and oxygen atoms in total. The maximum Gasteiger partial charge on any atom is 0.0713 e. The highest BCUT2D eigenvalue weighted by Crippen LogP contribution is 2.16. The minimum absolute atomic E-state index is 0.412. The van der Waals surface area contributed by atoms with Gasteiger partial charge >= 0.3 is 0 Å². The molecule has 1 N–H and O–H groups in total. The van der Waals surface area contributed by atoms with E-state index >= 15 is 0 Å². The molecule has 0 fully saturated rings. The van der Waals surface area contributed by atoms with Crippen LogP contribution in [-0.2, 0) is 17.9 Å². The Hall–Kier alpha value is -1.64. The molecule has 0 aliphatic rings. The third-order valence-electron chi connectivity index (χ3n) is 3.50. The molecule has 2 aromatic carbocycles. The van der Waals surface area contributed by atoms with Gasteiger partial charge in [-0.1, -0.05) is 61.5 Å². The summed E-state index contributed by atoms with van der Waals surface area (Å²) in [7, 11) is 1.72. The van der Waals surface area contributed by atoms with Crippen molar-refractivity contribution in [3.05, 3.63) is 71.3 Å². The van der Waals surface area contributed by atoms with Gasteiger partial charge in [-0.3, -0.25) is 0 Å². The van der Waals surface area contributed by atoms with Crippen LogP contribution in [0.15, 0.2) is 54.6 Å². The fraction of sp³-hybridized carbons (Fsp3) is 0.333. The molecule has 106 valence electrons. The van der Waals surface area contributed by atoms with E-state index in [9.17, 15) is 0 Å². The van der Waals surface area contributed by atoms with Crippen molar-refractivity contribution in [2.24, 2.45) is 0 Å². The van der Waals surface area contributed by atoms with Crippen LogP contribution in [0.25, 0.3) is 0 Å². The summed E-state index contributed by atoms with van der Waals surface area (Å²) < 4.78 is 5.13. The molecule has 0 saturated heterocycles. The Bertz CT molecular complexity index is 493. The van der Waals surface area contributed by atoms with Crippen molar-refractivity contribution in [3.63, 3.8) is 0 Å². The Balaban J connectivity index is 1.93. The lowest BCUT2D eigenvalue weighted by atomic mass is 10.0. The third-order valence-corrected chi connectivity index (χ3v) is 3.50. The van der Waals surface area contributed by atoms with E-state index in [-0.39, 0.29) is 0 Å². The second-order valence-corrected chi connectivity index (χ2v) is 5.00. The van der Waals surface area contributed by atoms with Crippen LogP contribution in [0.4, 0.5) is 0 Å². The van der Waals surface area contributed by atoms with Crippen molar-refractivity contribution in [1.29, 1.82) is 0 Å². The minimum Gasteiger partial charge on any atom is -0.380 e. The third kappa shape index (κ3) is 4.19. The normalized spacial score (nSPS) is 12.3. The maximum atomic E-state index is 5.13. The highest BCUT2D eigenvalue weighted by atomic mass is 16.5. The van der Waals surface area contributed by atoms with E-state index in [2.05, 4.69) is 66.8 Å². The average molecular weight is 269 g/mol. The van der Waals surface area contributed by atoms with Crippen molar-refractivity contribution >= 4 is 0 Å². The number of benzene rings is 2. The lowest BCUT2D eigenvalue weighted by molar-refractivity contribution is 0.185. The molecule has 20 heavy (non-hydrogen) atoms. The first-order valence-corrected chi connectivity index (χ1v) is 7.18. The molecule has 0 aromatic heterocycles. The van der Waals surface area contributed by atoms with Crippen LogP contribution < -0.4 is 5.32 Å².